The highest BCUT2D eigenvalue weighted by Gasteiger charge is 2.12. The molecule has 0 bridgehead atoms. The fourth-order valence-electron chi connectivity index (χ4n) is 2.42. The van der Waals surface area contributed by atoms with Gasteiger partial charge in [0.05, 0.1) is 12.2 Å². The second-order valence-electron chi connectivity index (χ2n) is 5.90. The third-order valence-corrected chi connectivity index (χ3v) is 3.94. The molecule has 0 unspecified atom stereocenters. The predicted octanol–water partition coefficient (Wildman–Crippen LogP) is 3.14. The van der Waals surface area contributed by atoms with Gasteiger partial charge in [-0.25, -0.2) is 0 Å². The Labute approximate surface area is 146 Å². The van der Waals surface area contributed by atoms with Gasteiger partial charge in [-0.3, -0.25) is 9.48 Å². The van der Waals surface area contributed by atoms with Crippen LogP contribution in [0.3, 0.4) is 0 Å². The maximum atomic E-state index is 12.2. The molecule has 0 aliphatic rings. The normalized spacial score (nSPS) is 10.7. The van der Waals surface area contributed by atoms with Crippen molar-refractivity contribution in [1.82, 2.24) is 15.1 Å². The first-order chi connectivity index (χ1) is 12.0. The third kappa shape index (κ3) is 4.09. The van der Waals surface area contributed by atoms with Crippen molar-refractivity contribution in [2.24, 2.45) is 7.05 Å². The van der Waals surface area contributed by atoms with E-state index in [2.05, 4.69) is 10.4 Å². The van der Waals surface area contributed by atoms with Gasteiger partial charge >= 0.3 is 0 Å². The molecule has 1 aromatic carbocycles. The second kappa shape index (κ2) is 7.25. The minimum absolute atomic E-state index is 0.260. The fourth-order valence-corrected chi connectivity index (χ4v) is 2.42. The lowest BCUT2D eigenvalue weighted by molar-refractivity contribution is 0.0918. The number of aryl methyl sites for hydroxylation is 3. The number of nitrogens with one attached hydrogen (secondary N) is 1. The number of ether oxygens (including phenoxy) is 1. The van der Waals surface area contributed by atoms with Crippen LogP contribution in [-0.4, -0.2) is 15.7 Å². The highest BCUT2D eigenvalue weighted by Crippen LogP contribution is 2.18. The molecule has 6 nitrogen and oxygen atoms in total. The molecule has 1 N–H and O–H groups in total. The quantitative estimate of drug-likeness (QED) is 0.749. The molecule has 25 heavy (non-hydrogen) atoms. The van der Waals surface area contributed by atoms with E-state index in [0.29, 0.717) is 12.3 Å². The molecule has 6 heteroatoms. The number of benzene rings is 1. The average molecular weight is 339 g/mol. The van der Waals surface area contributed by atoms with Crippen molar-refractivity contribution in [3.05, 3.63) is 70.9 Å². The standard InChI is InChI=1S/C19H21N3O3/c1-13-6-4-5-7-17(13)24-12-16-8-9-18(25-16)19(23)20-11-15-10-14(2)22(3)21-15/h4-10H,11-12H2,1-3H3,(H,20,23). The number of nitrogens with zero attached hydrogens (tertiary/aromatic N) is 2. The summed E-state index contributed by atoms with van der Waals surface area (Å²) in [6, 6.07) is 13.1. The van der Waals surface area contributed by atoms with Gasteiger partial charge in [0.1, 0.15) is 18.1 Å². The summed E-state index contributed by atoms with van der Waals surface area (Å²) in [5, 5.41) is 7.11. The van der Waals surface area contributed by atoms with E-state index in [0.717, 1.165) is 22.7 Å². The summed E-state index contributed by atoms with van der Waals surface area (Å²) in [5.41, 5.74) is 2.90. The minimum Gasteiger partial charge on any atom is -0.485 e. The Kier molecular flexibility index (Phi) is 4.88. The Balaban J connectivity index is 1.55. The lowest BCUT2D eigenvalue weighted by atomic mass is 10.2. The summed E-state index contributed by atoms with van der Waals surface area (Å²) in [4.78, 5) is 12.2. The molecule has 3 rings (SSSR count). The largest absolute Gasteiger partial charge is 0.485 e. The minimum atomic E-state index is -0.273. The van der Waals surface area contributed by atoms with Crippen LogP contribution < -0.4 is 10.1 Å². The molecule has 0 aliphatic carbocycles. The molecule has 2 heterocycles. The van der Waals surface area contributed by atoms with Gasteiger partial charge in [0.2, 0.25) is 0 Å². The van der Waals surface area contributed by atoms with Crippen LogP contribution in [0.1, 0.15) is 33.3 Å². The molecule has 3 aromatic rings. The molecule has 0 aliphatic heterocycles. The summed E-state index contributed by atoms with van der Waals surface area (Å²) in [5.74, 6) is 1.39. The third-order valence-electron chi connectivity index (χ3n) is 3.94. The SMILES string of the molecule is Cc1ccccc1OCc1ccc(C(=O)NCc2cc(C)n(C)n2)o1. The van der Waals surface area contributed by atoms with Crippen molar-refractivity contribution in [3.63, 3.8) is 0 Å². The number of hydrogen-bond acceptors (Lipinski definition) is 4. The van der Waals surface area contributed by atoms with E-state index in [1.807, 2.05) is 51.2 Å². The van der Waals surface area contributed by atoms with Crippen LogP contribution in [0.25, 0.3) is 0 Å². The van der Waals surface area contributed by atoms with Gasteiger partial charge in [0.15, 0.2) is 5.76 Å². The highest BCUT2D eigenvalue weighted by molar-refractivity contribution is 5.91. The Morgan fingerprint density at radius 3 is 2.76 bits per heavy atom. The van der Waals surface area contributed by atoms with Gasteiger partial charge in [-0.15, -0.1) is 0 Å². The van der Waals surface area contributed by atoms with Crippen LogP contribution in [0, 0.1) is 13.8 Å². The first-order valence-electron chi connectivity index (χ1n) is 8.08. The first kappa shape index (κ1) is 16.8. The maximum absolute atomic E-state index is 12.2. The number of carbonyl (C=O) groups is 1. The van der Waals surface area contributed by atoms with Crippen LogP contribution in [0.2, 0.25) is 0 Å². The Morgan fingerprint density at radius 2 is 2.04 bits per heavy atom. The monoisotopic (exact) mass is 339 g/mol. The van der Waals surface area contributed by atoms with Crippen molar-refractivity contribution in [3.8, 4) is 5.75 Å². The van der Waals surface area contributed by atoms with Crippen LogP contribution >= 0.6 is 0 Å². The predicted molar refractivity (Wildman–Crippen MR) is 93.3 cm³/mol. The summed E-state index contributed by atoms with van der Waals surface area (Å²) in [6.07, 6.45) is 0. The summed E-state index contributed by atoms with van der Waals surface area (Å²) >= 11 is 0. The van der Waals surface area contributed by atoms with Crippen LogP contribution in [0.15, 0.2) is 46.9 Å². The van der Waals surface area contributed by atoms with E-state index in [-0.39, 0.29) is 18.3 Å². The lowest BCUT2D eigenvalue weighted by Crippen LogP contribution is -2.22. The molecule has 0 saturated heterocycles. The zero-order valence-corrected chi connectivity index (χ0v) is 14.6. The topological polar surface area (TPSA) is 69.3 Å². The van der Waals surface area contributed by atoms with Crippen LogP contribution in [0.4, 0.5) is 0 Å². The van der Waals surface area contributed by atoms with Gasteiger partial charge in [-0.05, 0) is 43.7 Å². The van der Waals surface area contributed by atoms with Crippen molar-refractivity contribution in [2.45, 2.75) is 27.0 Å². The average Bonchev–Trinajstić information content (AvgIpc) is 3.19. The molecule has 0 spiro atoms. The summed E-state index contributed by atoms with van der Waals surface area (Å²) in [7, 11) is 1.87. The lowest BCUT2D eigenvalue weighted by Gasteiger charge is -2.06. The number of rotatable bonds is 6. The second-order valence-corrected chi connectivity index (χ2v) is 5.90. The number of amides is 1. The molecular formula is C19H21N3O3. The van der Waals surface area contributed by atoms with Crippen LogP contribution in [-0.2, 0) is 20.2 Å². The molecule has 1 amide bonds. The van der Waals surface area contributed by atoms with Gasteiger partial charge in [0, 0.05) is 12.7 Å². The molecule has 0 atom stereocenters. The Morgan fingerprint density at radius 1 is 1.24 bits per heavy atom. The smallest absolute Gasteiger partial charge is 0.287 e. The van der Waals surface area contributed by atoms with Crippen molar-refractivity contribution < 1.29 is 13.9 Å². The zero-order chi connectivity index (χ0) is 17.8. The summed E-state index contributed by atoms with van der Waals surface area (Å²) in [6.45, 7) is 4.58. The maximum Gasteiger partial charge on any atom is 0.287 e. The molecule has 0 radical (unpaired) electrons. The molecule has 2 aromatic heterocycles. The number of aromatic nitrogens is 2. The Bertz CT molecular complexity index is 860. The number of carbonyl (C=O) groups excluding carboxylic acids is 1. The number of furan rings is 1. The van der Waals surface area contributed by atoms with Gasteiger partial charge < -0.3 is 14.5 Å². The molecule has 130 valence electrons. The fraction of sp³-hybridized carbons (Fsp3) is 0.263. The van der Waals surface area contributed by atoms with E-state index >= 15 is 0 Å². The van der Waals surface area contributed by atoms with Gasteiger partial charge in [0.25, 0.3) is 5.91 Å². The molecule has 0 saturated carbocycles. The van der Waals surface area contributed by atoms with Crippen LogP contribution in [0.5, 0.6) is 5.75 Å². The van der Waals surface area contributed by atoms with E-state index in [1.165, 1.54) is 0 Å². The van der Waals surface area contributed by atoms with E-state index in [1.54, 1.807) is 16.8 Å². The highest BCUT2D eigenvalue weighted by atomic mass is 16.5. The van der Waals surface area contributed by atoms with E-state index in [9.17, 15) is 4.79 Å². The first-order valence-corrected chi connectivity index (χ1v) is 8.08. The van der Waals surface area contributed by atoms with Gasteiger partial charge in [-0.2, -0.15) is 5.10 Å². The molecule has 0 fully saturated rings. The summed E-state index contributed by atoms with van der Waals surface area (Å²) < 4.78 is 13.1. The van der Waals surface area contributed by atoms with Crippen molar-refractivity contribution >= 4 is 5.91 Å². The Hall–Kier alpha value is -3.02. The molecular weight excluding hydrogens is 318 g/mol. The van der Waals surface area contributed by atoms with E-state index in [4.69, 9.17) is 9.15 Å². The number of hydrogen-bond donors (Lipinski definition) is 1. The number of para-hydroxylation sites is 1. The van der Waals surface area contributed by atoms with Crippen molar-refractivity contribution in [1.29, 1.82) is 0 Å². The van der Waals surface area contributed by atoms with E-state index < -0.39 is 0 Å². The van der Waals surface area contributed by atoms with Gasteiger partial charge in [-0.1, -0.05) is 18.2 Å². The van der Waals surface area contributed by atoms with Crippen molar-refractivity contribution in [2.75, 3.05) is 0 Å². The zero-order valence-electron chi connectivity index (χ0n) is 14.6.